The van der Waals surface area contributed by atoms with Crippen molar-refractivity contribution in [3.05, 3.63) is 12.7 Å². The van der Waals surface area contributed by atoms with Crippen molar-refractivity contribution < 1.29 is 0 Å². The highest BCUT2D eigenvalue weighted by Gasteiger charge is 1.59. The molecule has 0 amide bonds. The van der Waals surface area contributed by atoms with E-state index in [0.29, 0.717) is 0 Å². The van der Waals surface area contributed by atoms with Crippen LogP contribution in [0.25, 0.3) is 0 Å². The predicted molar refractivity (Wildman–Crippen MR) is 38.7 cm³/mol. The van der Waals surface area contributed by atoms with Gasteiger partial charge < -0.3 is 0 Å². The first-order valence-corrected chi connectivity index (χ1v) is 2.34. The van der Waals surface area contributed by atoms with Gasteiger partial charge in [0.05, 0.1) is 0 Å². The van der Waals surface area contributed by atoms with E-state index in [-0.39, 0.29) is 17.0 Å². The van der Waals surface area contributed by atoms with Crippen LogP contribution in [0, 0.1) is 0 Å². The number of tetrazole rings is 2. The lowest BCUT2D eigenvalue weighted by molar-refractivity contribution is 0.881. The van der Waals surface area contributed by atoms with Crippen molar-refractivity contribution in [2.75, 3.05) is 0 Å². The molecule has 0 saturated carbocycles. The molecule has 2 N–H and O–H groups in total. The Morgan fingerprint density at radius 3 is 1.36 bits per heavy atom. The van der Waals surface area contributed by atoms with Gasteiger partial charge >= 0.3 is 0 Å². The number of aromatic nitrogens is 8. The third-order valence-electron chi connectivity index (χ3n) is 0.539. The number of H-pyrrole nitrogens is 2. The second kappa shape index (κ2) is 6.74. The van der Waals surface area contributed by atoms with Gasteiger partial charge in [-0.3, -0.25) is 0 Å². The fraction of sp³-hybridized carbons (Fsp3) is 0. The molecule has 0 fully saturated rings. The van der Waals surface area contributed by atoms with Crippen LogP contribution in [-0.4, -0.2) is 41.2 Å². The Morgan fingerprint density at radius 1 is 0.818 bits per heavy atom. The van der Waals surface area contributed by atoms with E-state index in [1.807, 2.05) is 0 Å². The fourth-order valence-corrected chi connectivity index (χ4v) is 0.258. The monoisotopic (exact) mass is 220 g/mol. The Labute approximate surface area is 71.6 Å². The van der Waals surface area contributed by atoms with Crippen molar-refractivity contribution in [3.8, 4) is 0 Å². The maximum absolute atomic E-state index is 3.31. The molecule has 60 valence electrons. The first-order chi connectivity index (χ1) is 5.00. The second-order valence-electron chi connectivity index (χ2n) is 1.13. The van der Waals surface area contributed by atoms with Crippen LogP contribution in [0.2, 0.25) is 0 Å². The van der Waals surface area contributed by atoms with E-state index < -0.39 is 0 Å². The molecule has 0 bridgehead atoms. The number of hydrogen-bond acceptors (Lipinski definition) is 6. The highest BCUT2D eigenvalue weighted by atomic mass is 79.9. The van der Waals surface area contributed by atoms with Crippen LogP contribution < -0.4 is 0 Å². The maximum atomic E-state index is 3.31. The van der Waals surface area contributed by atoms with E-state index in [1.165, 1.54) is 12.7 Å². The average Bonchev–Trinajstić information content (AvgIpc) is 2.67. The zero-order valence-electron chi connectivity index (χ0n) is 5.25. The van der Waals surface area contributed by atoms with E-state index in [0.717, 1.165) is 0 Å². The van der Waals surface area contributed by atoms with Crippen LogP contribution in [0.3, 0.4) is 0 Å². The Hall–Kier alpha value is -1.38. The molecule has 0 atom stereocenters. The molecule has 9 heteroatoms. The number of hydrogen-bond donors (Lipinski definition) is 2. The summed E-state index contributed by atoms with van der Waals surface area (Å²) in [6, 6.07) is 0. The van der Waals surface area contributed by atoms with E-state index in [9.17, 15) is 0 Å². The molecule has 0 radical (unpaired) electrons. The summed E-state index contributed by atoms with van der Waals surface area (Å²) in [7, 11) is 0. The highest BCUT2D eigenvalue weighted by Crippen LogP contribution is 1.44. The van der Waals surface area contributed by atoms with Gasteiger partial charge in [0.25, 0.3) is 0 Å². The summed E-state index contributed by atoms with van der Waals surface area (Å²) in [5, 5.41) is 24.2. The quantitative estimate of drug-likeness (QED) is 0.589. The van der Waals surface area contributed by atoms with Gasteiger partial charge in [0.15, 0.2) is 0 Å². The largest absolute Gasteiger partial charge is 0.246 e. The molecule has 0 unspecified atom stereocenters. The zero-order chi connectivity index (χ0) is 7.07. The minimum atomic E-state index is 0. The lowest BCUT2D eigenvalue weighted by atomic mass is 11.4. The van der Waals surface area contributed by atoms with Crippen molar-refractivity contribution in [1.82, 2.24) is 41.2 Å². The Balaban J connectivity index is 0.000000167. The van der Waals surface area contributed by atoms with Crippen LogP contribution in [0.1, 0.15) is 0 Å². The third-order valence-corrected chi connectivity index (χ3v) is 0.539. The van der Waals surface area contributed by atoms with E-state index >= 15 is 0 Å². The van der Waals surface area contributed by atoms with Gasteiger partial charge in [-0.25, -0.2) is 10.2 Å². The first kappa shape index (κ1) is 9.62. The second-order valence-corrected chi connectivity index (χ2v) is 1.13. The van der Waals surface area contributed by atoms with E-state index in [4.69, 9.17) is 0 Å². The Bertz CT molecular complexity index is 151. The Morgan fingerprint density at radius 2 is 1.27 bits per heavy atom. The molecule has 0 aromatic carbocycles. The van der Waals surface area contributed by atoms with Crippen molar-refractivity contribution in [3.63, 3.8) is 0 Å². The third kappa shape index (κ3) is 5.08. The maximum Gasteiger partial charge on any atom is 0.135 e. The molecular formula is C2H5BrN8. The van der Waals surface area contributed by atoms with Gasteiger partial charge in [-0.05, 0) is 20.9 Å². The van der Waals surface area contributed by atoms with Crippen LogP contribution in [0.5, 0.6) is 0 Å². The molecule has 2 heterocycles. The van der Waals surface area contributed by atoms with Gasteiger partial charge in [-0.1, -0.05) is 0 Å². The Kier molecular flexibility index (Phi) is 5.89. The standard InChI is InChI=1S/2CH2N4.BrH/c2*1-2-4-5-3-1;/h2*1H,(H,2,3,4,5);1H. The molecule has 2 aromatic rings. The summed E-state index contributed by atoms with van der Waals surface area (Å²) in [6.07, 6.45) is 2.81. The number of nitrogens with zero attached hydrogens (tertiary/aromatic N) is 6. The smallest absolute Gasteiger partial charge is 0.135 e. The SMILES string of the molecule is Br.c1nnn[nH]1.c1nnn[nH]1. The number of rotatable bonds is 0. The van der Waals surface area contributed by atoms with Crippen LogP contribution in [-0.2, 0) is 0 Å². The fourth-order valence-electron chi connectivity index (χ4n) is 0.258. The lowest BCUT2D eigenvalue weighted by Gasteiger charge is -1.42. The molecule has 8 nitrogen and oxygen atoms in total. The first-order valence-electron chi connectivity index (χ1n) is 2.34. The predicted octanol–water partition coefficient (Wildman–Crippen LogP) is -1.02. The van der Waals surface area contributed by atoms with Crippen molar-refractivity contribution in [2.24, 2.45) is 0 Å². The van der Waals surface area contributed by atoms with Gasteiger partial charge in [0.2, 0.25) is 0 Å². The van der Waals surface area contributed by atoms with Gasteiger partial charge in [-0.15, -0.1) is 27.2 Å². The summed E-state index contributed by atoms with van der Waals surface area (Å²) < 4.78 is 0. The molecule has 0 aliphatic heterocycles. The van der Waals surface area contributed by atoms with E-state index in [2.05, 4.69) is 41.2 Å². The summed E-state index contributed by atoms with van der Waals surface area (Å²) in [5.41, 5.74) is 0. The summed E-state index contributed by atoms with van der Waals surface area (Å²) in [6.45, 7) is 0. The summed E-state index contributed by atoms with van der Waals surface area (Å²) in [5.74, 6) is 0. The normalized spacial score (nSPS) is 7.27. The summed E-state index contributed by atoms with van der Waals surface area (Å²) in [4.78, 5) is 0. The molecule has 0 spiro atoms. The molecule has 11 heavy (non-hydrogen) atoms. The number of aromatic amines is 2. The topological polar surface area (TPSA) is 109 Å². The molecule has 0 saturated heterocycles. The van der Waals surface area contributed by atoms with Crippen LogP contribution in [0.4, 0.5) is 0 Å². The van der Waals surface area contributed by atoms with Crippen LogP contribution in [0.15, 0.2) is 12.7 Å². The number of nitrogens with one attached hydrogen (secondary N) is 2. The molecule has 2 rings (SSSR count). The van der Waals surface area contributed by atoms with Crippen molar-refractivity contribution in [2.45, 2.75) is 0 Å². The average molecular weight is 221 g/mol. The van der Waals surface area contributed by atoms with E-state index in [1.54, 1.807) is 0 Å². The van der Waals surface area contributed by atoms with Crippen molar-refractivity contribution >= 4 is 17.0 Å². The highest BCUT2D eigenvalue weighted by molar-refractivity contribution is 8.93. The zero-order valence-corrected chi connectivity index (χ0v) is 6.96. The summed E-state index contributed by atoms with van der Waals surface area (Å²) >= 11 is 0. The molecule has 0 aliphatic carbocycles. The molecular weight excluding hydrogens is 216 g/mol. The molecule has 0 aliphatic rings. The molecule has 2 aromatic heterocycles. The van der Waals surface area contributed by atoms with Gasteiger partial charge in [0, 0.05) is 0 Å². The minimum Gasteiger partial charge on any atom is -0.246 e. The van der Waals surface area contributed by atoms with Crippen LogP contribution >= 0.6 is 17.0 Å². The minimum absolute atomic E-state index is 0. The lowest BCUT2D eigenvalue weighted by Crippen LogP contribution is -1.64. The van der Waals surface area contributed by atoms with Gasteiger partial charge in [0.1, 0.15) is 12.7 Å². The number of halogens is 1. The van der Waals surface area contributed by atoms with Gasteiger partial charge in [-0.2, -0.15) is 0 Å². The van der Waals surface area contributed by atoms with Crippen molar-refractivity contribution in [1.29, 1.82) is 0 Å².